The van der Waals surface area contributed by atoms with Crippen molar-refractivity contribution in [1.82, 2.24) is 20.6 Å². The van der Waals surface area contributed by atoms with E-state index in [2.05, 4.69) is 16.0 Å². The number of amides is 2. The van der Waals surface area contributed by atoms with Crippen LogP contribution in [0.2, 0.25) is 0 Å². The van der Waals surface area contributed by atoms with Crippen LogP contribution in [-0.2, 0) is 11.3 Å². The molecule has 2 amide bonds. The van der Waals surface area contributed by atoms with Gasteiger partial charge in [0, 0.05) is 0 Å². The van der Waals surface area contributed by atoms with Crippen molar-refractivity contribution in [2.24, 2.45) is 0 Å². The number of carbonyl (C=O) groups is 2. The number of H-pyrrole nitrogens is 1. The fraction of sp³-hybridized carbons (Fsp3) is 0.0588. The first kappa shape index (κ1) is 17.0. The van der Waals surface area contributed by atoms with E-state index < -0.39 is 29.5 Å². The molecule has 0 atom stereocenters. The average molecular weight is 354 g/mol. The summed E-state index contributed by atoms with van der Waals surface area (Å²) in [6, 6.07) is 12.0. The van der Waals surface area contributed by atoms with E-state index >= 15 is 0 Å². The molecule has 0 bridgehead atoms. The predicted molar refractivity (Wildman–Crippen MR) is 92.5 cm³/mol. The molecular formula is C17H14N4O5. The van der Waals surface area contributed by atoms with Gasteiger partial charge in [-0.15, -0.1) is 0 Å². The van der Waals surface area contributed by atoms with E-state index in [0.717, 1.165) is 4.68 Å². The molecule has 1 aromatic heterocycles. The van der Waals surface area contributed by atoms with Gasteiger partial charge >= 0.3 is 0 Å². The predicted octanol–water partition coefficient (Wildman–Crippen LogP) is -0.143. The third-order valence-corrected chi connectivity index (χ3v) is 3.65. The number of para-hydroxylation sites is 1. The molecule has 0 fully saturated rings. The van der Waals surface area contributed by atoms with Crippen LogP contribution in [-0.4, -0.2) is 26.7 Å². The third-order valence-electron chi connectivity index (χ3n) is 3.65. The second-order valence-electron chi connectivity index (χ2n) is 5.40. The van der Waals surface area contributed by atoms with Gasteiger partial charge in [0.2, 0.25) is 0 Å². The first-order valence-corrected chi connectivity index (χ1v) is 7.56. The molecule has 0 saturated heterocycles. The molecule has 0 aliphatic carbocycles. The van der Waals surface area contributed by atoms with Gasteiger partial charge in [0.25, 0.3) is 22.9 Å². The summed E-state index contributed by atoms with van der Waals surface area (Å²) >= 11 is 0. The molecule has 0 spiro atoms. The lowest BCUT2D eigenvalue weighted by Gasteiger charge is -2.10. The average Bonchev–Trinajstić information content (AvgIpc) is 2.64. The number of nitrogens with one attached hydrogen (secondary N) is 3. The first-order valence-electron chi connectivity index (χ1n) is 7.56. The second kappa shape index (κ2) is 6.93. The van der Waals surface area contributed by atoms with Gasteiger partial charge in [-0.1, -0.05) is 24.3 Å². The zero-order valence-electron chi connectivity index (χ0n) is 13.4. The quantitative estimate of drug-likeness (QED) is 0.486. The number of aromatic nitrogens is 2. The largest absolute Gasteiger partial charge is 0.507 e. The number of benzene rings is 2. The van der Waals surface area contributed by atoms with Crippen molar-refractivity contribution in [3.05, 3.63) is 74.8 Å². The van der Waals surface area contributed by atoms with Crippen molar-refractivity contribution in [3.8, 4) is 5.75 Å². The number of fused-ring (bicyclic) bond motifs is 1. The molecule has 0 unspecified atom stereocenters. The number of phenolic OH excluding ortho intramolecular Hbond substituents is 1. The molecular weight excluding hydrogens is 340 g/mol. The Hall–Kier alpha value is -3.88. The molecule has 132 valence electrons. The van der Waals surface area contributed by atoms with E-state index in [9.17, 15) is 24.3 Å². The molecule has 26 heavy (non-hydrogen) atoms. The molecule has 2 aromatic carbocycles. The lowest BCUT2D eigenvalue weighted by molar-refractivity contribution is -0.122. The number of aromatic amines is 1. The molecule has 9 heteroatoms. The maximum Gasteiger partial charge on any atom is 0.273 e. The summed E-state index contributed by atoms with van der Waals surface area (Å²) in [6.45, 7) is -0.500. The minimum atomic E-state index is -0.734. The number of rotatable bonds is 3. The molecule has 0 aliphatic heterocycles. The summed E-state index contributed by atoms with van der Waals surface area (Å²) in [5.41, 5.74) is 3.17. The minimum Gasteiger partial charge on any atom is -0.507 e. The van der Waals surface area contributed by atoms with E-state index in [0.29, 0.717) is 0 Å². The lowest BCUT2D eigenvalue weighted by Crippen LogP contribution is -2.45. The summed E-state index contributed by atoms with van der Waals surface area (Å²) in [5, 5.41) is 12.3. The summed E-state index contributed by atoms with van der Waals surface area (Å²) in [7, 11) is 0. The van der Waals surface area contributed by atoms with Crippen molar-refractivity contribution in [3.63, 3.8) is 0 Å². The van der Waals surface area contributed by atoms with Crippen LogP contribution in [0.15, 0.2) is 58.1 Å². The van der Waals surface area contributed by atoms with Gasteiger partial charge in [0.1, 0.15) is 12.3 Å². The van der Waals surface area contributed by atoms with Gasteiger partial charge in [-0.25, -0.2) is 4.68 Å². The van der Waals surface area contributed by atoms with Gasteiger partial charge in [0.15, 0.2) is 0 Å². The van der Waals surface area contributed by atoms with Crippen molar-refractivity contribution in [2.45, 2.75) is 6.54 Å². The van der Waals surface area contributed by atoms with Crippen LogP contribution in [0.25, 0.3) is 10.8 Å². The Bertz CT molecular complexity index is 1120. The normalized spacial score (nSPS) is 10.5. The number of hydrazine groups is 1. The summed E-state index contributed by atoms with van der Waals surface area (Å²) in [6.07, 6.45) is 0. The van der Waals surface area contributed by atoms with Crippen molar-refractivity contribution in [1.29, 1.82) is 0 Å². The van der Waals surface area contributed by atoms with E-state index in [-0.39, 0.29) is 22.1 Å². The van der Waals surface area contributed by atoms with Crippen molar-refractivity contribution in [2.75, 3.05) is 0 Å². The highest BCUT2D eigenvalue weighted by Crippen LogP contribution is 2.14. The maximum atomic E-state index is 12.3. The van der Waals surface area contributed by atoms with Crippen LogP contribution >= 0.6 is 0 Å². The number of nitrogens with zero attached hydrogens (tertiary/aromatic N) is 1. The summed E-state index contributed by atoms with van der Waals surface area (Å²) in [4.78, 5) is 48.2. The standard InChI is InChI=1S/C17H14N4O5/c22-13-8-4-3-7-12(13)15(24)19-18-14(23)9-21-17(26)11-6-2-1-5-10(11)16(25)20-21/h1-8,22H,9H2,(H,18,23)(H,19,24)(H,20,25). The minimum absolute atomic E-state index is 0.0240. The topological polar surface area (TPSA) is 133 Å². The lowest BCUT2D eigenvalue weighted by atomic mass is 10.2. The molecule has 1 heterocycles. The number of hydrogen-bond acceptors (Lipinski definition) is 5. The fourth-order valence-corrected chi connectivity index (χ4v) is 2.40. The third kappa shape index (κ3) is 3.31. The van der Waals surface area contributed by atoms with E-state index in [4.69, 9.17) is 0 Å². The van der Waals surface area contributed by atoms with Crippen LogP contribution in [0.1, 0.15) is 10.4 Å². The fourth-order valence-electron chi connectivity index (χ4n) is 2.40. The highest BCUT2D eigenvalue weighted by atomic mass is 16.3. The number of hydrogen-bond donors (Lipinski definition) is 4. The van der Waals surface area contributed by atoms with E-state index in [1.807, 2.05) is 0 Å². The highest BCUT2D eigenvalue weighted by molar-refractivity contribution is 5.97. The van der Waals surface area contributed by atoms with E-state index in [1.54, 1.807) is 24.3 Å². The van der Waals surface area contributed by atoms with Gasteiger partial charge < -0.3 is 5.11 Å². The Kier molecular flexibility index (Phi) is 4.52. The van der Waals surface area contributed by atoms with E-state index in [1.165, 1.54) is 24.3 Å². The Morgan fingerprint density at radius 2 is 1.62 bits per heavy atom. The van der Waals surface area contributed by atoms with Gasteiger partial charge in [-0.2, -0.15) is 0 Å². The SMILES string of the molecule is O=C(Cn1[nH]c(=O)c2ccccc2c1=O)NNC(=O)c1ccccc1O. The Balaban J connectivity index is 1.73. The number of aromatic hydroxyl groups is 1. The summed E-state index contributed by atoms with van der Waals surface area (Å²) in [5.74, 6) is -1.70. The second-order valence-corrected chi connectivity index (χ2v) is 5.40. The monoisotopic (exact) mass is 354 g/mol. The zero-order valence-corrected chi connectivity index (χ0v) is 13.4. The van der Waals surface area contributed by atoms with Crippen LogP contribution in [0.5, 0.6) is 5.75 Å². The first-order chi connectivity index (χ1) is 12.5. The molecule has 0 saturated carbocycles. The van der Waals surface area contributed by atoms with Crippen LogP contribution in [0, 0.1) is 0 Å². The number of phenols is 1. The molecule has 0 radical (unpaired) electrons. The molecule has 3 aromatic rings. The van der Waals surface area contributed by atoms with Crippen molar-refractivity contribution >= 4 is 22.6 Å². The maximum absolute atomic E-state index is 12.3. The molecule has 0 aliphatic rings. The van der Waals surface area contributed by atoms with Gasteiger partial charge in [-0.05, 0) is 24.3 Å². The molecule has 4 N–H and O–H groups in total. The van der Waals surface area contributed by atoms with Crippen LogP contribution in [0.4, 0.5) is 0 Å². The highest BCUT2D eigenvalue weighted by Gasteiger charge is 2.13. The molecule has 9 nitrogen and oxygen atoms in total. The van der Waals surface area contributed by atoms with Crippen LogP contribution in [0.3, 0.4) is 0 Å². The van der Waals surface area contributed by atoms with Gasteiger partial charge in [-0.3, -0.25) is 35.1 Å². The summed E-state index contributed by atoms with van der Waals surface area (Å²) < 4.78 is 0.853. The van der Waals surface area contributed by atoms with Gasteiger partial charge in [0.05, 0.1) is 16.3 Å². The Labute approximate surface area is 145 Å². The Morgan fingerprint density at radius 1 is 0.962 bits per heavy atom. The number of carbonyl (C=O) groups excluding carboxylic acids is 2. The smallest absolute Gasteiger partial charge is 0.273 e. The van der Waals surface area contributed by atoms with Crippen LogP contribution < -0.4 is 22.0 Å². The van der Waals surface area contributed by atoms with Crippen molar-refractivity contribution < 1.29 is 14.7 Å². The zero-order chi connectivity index (χ0) is 18.7. The Morgan fingerprint density at radius 3 is 2.35 bits per heavy atom. The molecule has 3 rings (SSSR count).